The molecule has 1 saturated heterocycles. The quantitative estimate of drug-likeness (QED) is 0.765. The number of nitrogens with one attached hydrogen (secondary N) is 1. The fraction of sp³-hybridized carbons (Fsp3) is 0.263. The van der Waals surface area contributed by atoms with Gasteiger partial charge in [0.05, 0.1) is 24.1 Å². The molecule has 0 radical (unpaired) electrons. The maximum Gasteiger partial charge on any atom is 0.257 e. The lowest BCUT2D eigenvalue weighted by Crippen LogP contribution is -2.29. The molecular weight excluding hydrogens is 330 g/mol. The van der Waals surface area contributed by atoms with Gasteiger partial charge in [-0.05, 0) is 12.5 Å². The van der Waals surface area contributed by atoms with Crippen molar-refractivity contribution in [3.63, 3.8) is 0 Å². The van der Waals surface area contributed by atoms with Crippen LogP contribution in [-0.4, -0.2) is 50.9 Å². The van der Waals surface area contributed by atoms with Gasteiger partial charge in [-0.2, -0.15) is 5.10 Å². The van der Waals surface area contributed by atoms with Crippen molar-refractivity contribution in [3.8, 4) is 17.1 Å². The number of likely N-dealkylation sites (tertiary alicyclic amines) is 1. The van der Waals surface area contributed by atoms with E-state index in [1.54, 1.807) is 12.4 Å². The SMILES string of the molecule is O=C(c1cn[nH]c1)N1CCC(COc2ccc(-c3ccccc3)nn2)C1. The second kappa shape index (κ2) is 7.35. The Morgan fingerprint density at radius 2 is 2.08 bits per heavy atom. The van der Waals surface area contributed by atoms with Crippen molar-refractivity contribution in [2.24, 2.45) is 5.92 Å². The summed E-state index contributed by atoms with van der Waals surface area (Å²) in [5.41, 5.74) is 2.43. The molecule has 0 aliphatic carbocycles. The Kier molecular flexibility index (Phi) is 4.59. The van der Waals surface area contributed by atoms with Crippen molar-refractivity contribution >= 4 is 5.91 Å². The van der Waals surface area contributed by atoms with Gasteiger partial charge in [0.2, 0.25) is 5.88 Å². The third kappa shape index (κ3) is 3.56. The molecule has 1 aliphatic heterocycles. The van der Waals surface area contributed by atoms with E-state index in [0.717, 1.165) is 24.2 Å². The molecule has 1 amide bonds. The van der Waals surface area contributed by atoms with E-state index >= 15 is 0 Å². The second-order valence-electron chi connectivity index (χ2n) is 6.33. The van der Waals surface area contributed by atoms with E-state index in [1.807, 2.05) is 47.4 Å². The van der Waals surface area contributed by atoms with E-state index in [-0.39, 0.29) is 5.91 Å². The molecule has 26 heavy (non-hydrogen) atoms. The fourth-order valence-electron chi connectivity index (χ4n) is 3.07. The zero-order valence-electron chi connectivity index (χ0n) is 14.2. The third-order valence-corrected chi connectivity index (χ3v) is 4.49. The molecule has 3 aromatic rings. The highest BCUT2D eigenvalue weighted by Crippen LogP contribution is 2.21. The van der Waals surface area contributed by atoms with Crippen LogP contribution in [0.5, 0.6) is 5.88 Å². The standard InChI is InChI=1S/C19H19N5O2/c25-19(16-10-20-21-11-16)24-9-8-14(12-24)13-26-18-7-6-17(22-23-18)15-4-2-1-3-5-15/h1-7,10-11,14H,8-9,12-13H2,(H,20,21). The predicted octanol–water partition coefficient (Wildman–Crippen LogP) is 2.41. The second-order valence-corrected chi connectivity index (χ2v) is 6.33. The van der Waals surface area contributed by atoms with E-state index in [2.05, 4.69) is 20.4 Å². The topological polar surface area (TPSA) is 84.0 Å². The largest absolute Gasteiger partial charge is 0.476 e. The van der Waals surface area contributed by atoms with Crippen LogP contribution in [-0.2, 0) is 0 Å². The molecule has 1 unspecified atom stereocenters. The third-order valence-electron chi connectivity index (χ3n) is 4.49. The van der Waals surface area contributed by atoms with E-state index in [0.29, 0.717) is 30.5 Å². The average molecular weight is 349 g/mol. The molecule has 4 rings (SSSR count). The Morgan fingerprint density at radius 3 is 2.81 bits per heavy atom. The summed E-state index contributed by atoms with van der Waals surface area (Å²) in [5, 5.41) is 14.9. The summed E-state index contributed by atoms with van der Waals surface area (Å²) >= 11 is 0. The summed E-state index contributed by atoms with van der Waals surface area (Å²) in [4.78, 5) is 14.1. The highest BCUT2D eigenvalue weighted by atomic mass is 16.5. The zero-order valence-corrected chi connectivity index (χ0v) is 14.2. The number of carbonyl (C=O) groups is 1. The molecule has 1 aliphatic rings. The van der Waals surface area contributed by atoms with Crippen molar-refractivity contribution < 1.29 is 9.53 Å². The molecule has 1 fully saturated rings. The molecule has 1 N–H and O–H groups in total. The molecule has 7 nitrogen and oxygen atoms in total. The summed E-state index contributed by atoms with van der Waals surface area (Å²) in [6, 6.07) is 13.6. The van der Waals surface area contributed by atoms with Crippen molar-refractivity contribution in [2.75, 3.05) is 19.7 Å². The first-order valence-corrected chi connectivity index (χ1v) is 8.59. The van der Waals surface area contributed by atoms with Crippen LogP contribution in [0.2, 0.25) is 0 Å². The van der Waals surface area contributed by atoms with Gasteiger partial charge in [-0.3, -0.25) is 9.89 Å². The van der Waals surface area contributed by atoms with Crippen LogP contribution in [0.25, 0.3) is 11.3 Å². The predicted molar refractivity (Wildman–Crippen MR) is 95.6 cm³/mol. The number of amides is 1. The van der Waals surface area contributed by atoms with Crippen molar-refractivity contribution in [1.82, 2.24) is 25.3 Å². The van der Waals surface area contributed by atoms with Gasteiger partial charge in [-0.15, -0.1) is 10.2 Å². The van der Waals surface area contributed by atoms with Gasteiger partial charge in [0.25, 0.3) is 5.91 Å². The van der Waals surface area contributed by atoms with E-state index < -0.39 is 0 Å². The van der Waals surface area contributed by atoms with Crippen molar-refractivity contribution in [2.45, 2.75) is 6.42 Å². The number of nitrogens with zero attached hydrogens (tertiary/aromatic N) is 4. The number of rotatable bonds is 5. The molecule has 0 saturated carbocycles. The molecule has 1 atom stereocenters. The summed E-state index contributed by atoms with van der Waals surface area (Å²) < 4.78 is 5.77. The van der Waals surface area contributed by atoms with Gasteiger partial charge in [-0.1, -0.05) is 30.3 Å². The Bertz CT molecular complexity index is 849. The van der Waals surface area contributed by atoms with Gasteiger partial charge >= 0.3 is 0 Å². The van der Waals surface area contributed by atoms with Crippen LogP contribution in [0.1, 0.15) is 16.8 Å². The van der Waals surface area contributed by atoms with Crippen LogP contribution in [0.4, 0.5) is 0 Å². The number of aromatic amines is 1. The minimum absolute atomic E-state index is 0.00764. The lowest BCUT2D eigenvalue weighted by Gasteiger charge is -2.15. The van der Waals surface area contributed by atoms with Crippen molar-refractivity contribution in [3.05, 3.63) is 60.4 Å². The smallest absolute Gasteiger partial charge is 0.257 e. The van der Waals surface area contributed by atoms with Crippen LogP contribution >= 0.6 is 0 Å². The molecule has 2 aromatic heterocycles. The first-order valence-electron chi connectivity index (χ1n) is 8.59. The average Bonchev–Trinajstić information content (AvgIpc) is 3.39. The van der Waals surface area contributed by atoms with Gasteiger partial charge < -0.3 is 9.64 Å². The number of H-pyrrole nitrogens is 1. The summed E-state index contributed by atoms with van der Waals surface area (Å²) in [5.74, 6) is 0.805. The van der Waals surface area contributed by atoms with E-state index in [9.17, 15) is 4.79 Å². The molecule has 0 bridgehead atoms. The lowest BCUT2D eigenvalue weighted by molar-refractivity contribution is 0.0783. The number of hydrogen-bond acceptors (Lipinski definition) is 5. The van der Waals surface area contributed by atoms with E-state index in [4.69, 9.17) is 4.74 Å². The Balaban J connectivity index is 1.30. The minimum Gasteiger partial charge on any atom is -0.476 e. The number of ether oxygens (including phenoxy) is 1. The van der Waals surface area contributed by atoms with Crippen molar-refractivity contribution in [1.29, 1.82) is 0 Å². The number of benzene rings is 1. The van der Waals surface area contributed by atoms with Crippen LogP contribution in [0.15, 0.2) is 54.9 Å². The number of carbonyl (C=O) groups excluding carboxylic acids is 1. The molecular formula is C19H19N5O2. The first kappa shape index (κ1) is 16.3. The molecule has 132 valence electrons. The van der Waals surface area contributed by atoms with Gasteiger partial charge in [0, 0.05) is 36.8 Å². The van der Waals surface area contributed by atoms with Crippen LogP contribution in [0, 0.1) is 5.92 Å². The van der Waals surface area contributed by atoms with Gasteiger partial charge in [0.1, 0.15) is 0 Å². The Hall–Kier alpha value is -3.22. The molecule has 0 spiro atoms. The highest BCUT2D eigenvalue weighted by Gasteiger charge is 2.27. The van der Waals surface area contributed by atoms with E-state index in [1.165, 1.54) is 0 Å². The minimum atomic E-state index is 0.00764. The number of hydrogen-bond donors (Lipinski definition) is 1. The maximum atomic E-state index is 12.3. The lowest BCUT2D eigenvalue weighted by atomic mass is 10.1. The summed E-state index contributed by atoms with van der Waals surface area (Å²) in [6.07, 6.45) is 4.09. The monoisotopic (exact) mass is 349 g/mol. The summed E-state index contributed by atoms with van der Waals surface area (Å²) in [6.45, 7) is 1.94. The Labute approximate surface area is 151 Å². The maximum absolute atomic E-state index is 12.3. The number of aromatic nitrogens is 4. The normalized spacial score (nSPS) is 16.6. The fourth-order valence-corrected chi connectivity index (χ4v) is 3.07. The van der Waals surface area contributed by atoms with Crippen LogP contribution < -0.4 is 4.74 Å². The molecule has 1 aromatic carbocycles. The van der Waals surface area contributed by atoms with Gasteiger partial charge in [0.15, 0.2) is 0 Å². The highest BCUT2D eigenvalue weighted by molar-refractivity contribution is 5.93. The van der Waals surface area contributed by atoms with Crippen LogP contribution in [0.3, 0.4) is 0 Å². The molecule has 7 heteroatoms. The molecule has 3 heterocycles. The van der Waals surface area contributed by atoms with Gasteiger partial charge in [-0.25, -0.2) is 0 Å². The summed E-state index contributed by atoms with van der Waals surface area (Å²) in [7, 11) is 0. The zero-order chi connectivity index (χ0) is 17.8. The first-order chi connectivity index (χ1) is 12.8. The Morgan fingerprint density at radius 1 is 1.19 bits per heavy atom.